The van der Waals surface area contributed by atoms with Crippen molar-refractivity contribution in [3.63, 3.8) is 0 Å². The molecule has 0 atom stereocenters. The van der Waals surface area contributed by atoms with Gasteiger partial charge in [-0.25, -0.2) is 0 Å². The first kappa shape index (κ1) is 17.8. The van der Waals surface area contributed by atoms with Gasteiger partial charge in [0, 0.05) is 51.6 Å². The van der Waals surface area contributed by atoms with Crippen LogP contribution in [0.2, 0.25) is 0 Å². The minimum atomic E-state index is -0.0853. The maximum atomic E-state index is 13.2. The van der Waals surface area contributed by atoms with Gasteiger partial charge in [0.1, 0.15) is 0 Å². The molecular weight excluding hydrogens is 334 g/mol. The lowest BCUT2D eigenvalue weighted by Crippen LogP contribution is -2.50. The summed E-state index contributed by atoms with van der Waals surface area (Å²) in [7, 11) is 3.12. The number of aromatic nitrogens is 1. The molecule has 0 N–H and O–H groups in total. The number of amides is 2. The van der Waals surface area contributed by atoms with Crippen LogP contribution in [0, 0.1) is 0 Å². The third-order valence-corrected chi connectivity index (χ3v) is 4.63. The van der Waals surface area contributed by atoms with E-state index < -0.39 is 0 Å². The van der Waals surface area contributed by atoms with E-state index in [2.05, 4.69) is 0 Å². The summed E-state index contributed by atoms with van der Waals surface area (Å²) >= 11 is 0. The average Bonchev–Trinajstić information content (AvgIpc) is 3.21. The Hall–Kier alpha value is -2.96. The van der Waals surface area contributed by atoms with Gasteiger partial charge in [-0.05, 0) is 18.2 Å². The lowest BCUT2D eigenvalue weighted by atomic mass is 10.1. The molecule has 3 rings (SSSR count). The van der Waals surface area contributed by atoms with E-state index in [1.54, 1.807) is 43.1 Å². The zero-order valence-electron chi connectivity index (χ0n) is 15.3. The van der Waals surface area contributed by atoms with E-state index in [1.807, 2.05) is 29.1 Å². The fourth-order valence-corrected chi connectivity index (χ4v) is 3.14. The molecule has 1 aliphatic rings. The predicted molar refractivity (Wildman–Crippen MR) is 97.0 cm³/mol. The van der Waals surface area contributed by atoms with Crippen LogP contribution in [0.5, 0.6) is 11.5 Å². The number of methoxy groups -OCH3 is 2. The molecule has 0 radical (unpaired) electrons. The zero-order chi connectivity index (χ0) is 18.7. The van der Waals surface area contributed by atoms with Gasteiger partial charge < -0.3 is 23.8 Å². The van der Waals surface area contributed by atoms with Crippen molar-refractivity contribution < 1.29 is 19.1 Å². The van der Waals surface area contributed by atoms with Crippen LogP contribution in [0.3, 0.4) is 0 Å². The van der Waals surface area contributed by atoms with Crippen molar-refractivity contribution in [3.05, 3.63) is 42.2 Å². The molecule has 0 aliphatic carbocycles. The van der Waals surface area contributed by atoms with Crippen molar-refractivity contribution >= 4 is 11.8 Å². The summed E-state index contributed by atoms with van der Waals surface area (Å²) in [5.74, 6) is 1.03. The molecule has 1 saturated heterocycles. The van der Waals surface area contributed by atoms with Gasteiger partial charge >= 0.3 is 0 Å². The van der Waals surface area contributed by atoms with E-state index >= 15 is 0 Å². The first-order chi connectivity index (χ1) is 12.5. The molecule has 1 aromatic carbocycles. The van der Waals surface area contributed by atoms with Crippen molar-refractivity contribution in [2.45, 2.75) is 6.92 Å². The number of carbonyl (C=O) groups is 2. The Bertz CT molecular complexity index is 793. The lowest BCUT2D eigenvalue weighted by molar-refractivity contribution is -0.130. The Balaban J connectivity index is 1.95. The number of benzene rings is 1. The van der Waals surface area contributed by atoms with Gasteiger partial charge in [0.05, 0.1) is 25.5 Å². The first-order valence-electron chi connectivity index (χ1n) is 8.49. The monoisotopic (exact) mass is 357 g/mol. The highest BCUT2D eigenvalue weighted by Gasteiger charge is 2.26. The third-order valence-electron chi connectivity index (χ3n) is 4.63. The quantitative estimate of drug-likeness (QED) is 0.837. The largest absolute Gasteiger partial charge is 0.493 e. The van der Waals surface area contributed by atoms with Crippen molar-refractivity contribution in [1.29, 1.82) is 0 Å². The van der Waals surface area contributed by atoms with Crippen molar-refractivity contribution in [2.24, 2.45) is 0 Å². The highest BCUT2D eigenvalue weighted by atomic mass is 16.5. The van der Waals surface area contributed by atoms with Gasteiger partial charge in [-0.2, -0.15) is 0 Å². The second kappa shape index (κ2) is 7.51. The fraction of sp³-hybridized carbons (Fsp3) is 0.368. The molecule has 2 heterocycles. The molecule has 26 heavy (non-hydrogen) atoms. The highest BCUT2D eigenvalue weighted by molar-refractivity contribution is 5.99. The first-order valence-corrected chi connectivity index (χ1v) is 8.49. The molecule has 2 aromatic rings. The Morgan fingerprint density at radius 3 is 1.96 bits per heavy atom. The Morgan fingerprint density at radius 2 is 1.42 bits per heavy atom. The molecule has 1 aliphatic heterocycles. The molecular formula is C19H23N3O4. The third kappa shape index (κ3) is 3.37. The number of hydrogen-bond donors (Lipinski definition) is 0. The normalized spacial score (nSPS) is 14.3. The molecule has 0 bridgehead atoms. The molecule has 0 spiro atoms. The van der Waals surface area contributed by atoms with E-state index in [0.717, 1.165) is 5.69 Å². The number of rotatable bonds is 4. The van der Waals surface area contributed by atoms with E-state index in [1.165, 1.54) is 0 Å². The fourth-order valence-electron chi connectivity index (χ4n) is 3.14. The standard InChI is InChI=1S/C19H23N3O4/c1-14(23)20-8-10-22(11-9-20)19(24)15-12-17(25-2)18(26-3)13-16(15)21-6-4-5-7-21/h4-7,12-13H,8-11H2,1-3H3. The van der Waals surface area contributed by atoms with Crippen LogP contribution in [-0.4, -0.2) is 66.6 Å². The molecule has 7 nitrogen and oxygen atoms in total. The topological polar surface area (TPSA) is 64.0 Å². The van der Waals surface area contributed by atoms with E-state index in [0.29, 0.717) is 43.2 Å². The van der Waals surface area contributed by atoms with Gasteiger partial charge in [-0.3, -0.25) is 9.59 Å². The molecule has 0 saturated carbocycles. The van der Waals surface area contributed by atoms with Gasteiger partial charge in [0.25, 0.3) is 5.91 Å². The second-order valence-corrected chi connectivity index (χ2v) is 6.11. The van der Waals surface area contributed by atoms with Crippen LogP contribution < -0.4 is 9.47 Å². The summed E-state index contributed by atoms with van der Waals surface area (Å²) in [6.07, 6.45) is 3.76. The zero-order valence-corrected chi connectivity index (χ0v) is 15.3. The van der Waals surface area contributed by atoms with E-state index in [-0.39, 0.29) is 11.8 Å². The number of piperazine rings is 1. The molecule has 1 aromatic heterocycles. The summed E-state index contributed by atoms with van der Waals surface area (Å²) in [5, 5.41) is 0. The Labute approximate surface area is 152 Å². The molecule has 138 valence electrons. The molecule has 0 unspecified atom stereocenters. The minimum Gasteiger partial charge on any atom is -0.493 e. The van der Waals surface area contributed by atoms with Crippen LogP contribution in [0.25, 0.3) is 5.69 Å². The number of carbonyl (C=O) groups excluding carboxylic acids is 2. The summed E-state index contributed by atoms with van der Waals surface area (Å²) in [6, 6.07) is 7.32. The minimum absolute atomic E-state index is 0.0382. The maximum Gasteiger partial charge on any atom is 0.256 e. The SMILES string of the molecule is COc1cc(C(=O)N2CCN(C(C)=O)CC2)c(-n2cccc2)cc1OC. The number of hydrogen-bond acceptors (Lipinski definition) is 4. The van der Waals surface area contributed by atoms with Crippen molar-refractivity contribution in [2.75, 3.05) is 40.4 Å². The highest BCUT2D eigenvalue weighted by Crippen LogP contribution is 2.33. The summed E-state index contributed by atoms with van der Waals surface area (Å²) in [4.78, 5) is 28.2. The average molecular weight is 357 g/mol. The Morgan fingerprint density at radius 1 is 0.885 bits per heavy atom. The van der Waals surface area contributed by atoms with E-state index in [9.17, 15) is 9.59 Å². The van der Waals surface area contributed by atoms with Gasteiger partial charge in [-0.1, -0.05) is 0 Å². The number of ether oxygens (including phenoxy) is 2. The molecule has 1 fully saturated rings. The summed E-state index contributed by atoms with van der Waals surface area (Å²) in [6.45, 7) is 3.67. The summed E-state index contributed by atoms with van der Waals surface area (Å²) in [5.41, 5.74) is 1.27. The molecule has 2 amide bonds. The Kier molecular flexibility index (Phi) is 5.16. The smallest absolute Gasteiger partial charge is 0.256 e. The van der Waals surface area contributed by atoms with Crippen LogP contribution in [0.4, 0.5) is 0 Å². The van der Waals surface area contributed by atoms with Gasteiger partial charge in [-0.15, -0.1) is 0 Å². The van der Waals surface area contributed by atoms with Crippen LogP contribution >= 0.6 is 0 Å². The van der Waals surface area contributed by atoms with Gasteiger partial charge in [0.15, 0.2) is 11.5 Å². The predicted octanol–water partition coefficient (Wildman–Crippen LogP) is 1.80. The van der Waals surface area contributed by atoms with Crippen LogP contribution in [0.15, 0.2) is 36.7 Å². The van der Waals surface area contributed by atoms with E-state index in [4.69, 9.17) is 9.47 Å². The van der Waals surface area contributed by atoms with Crippen LogP contribution in [0.1, 0.15) is 17.3 Å². The van der Waals surface area contributed by atoms with Gasteiger partial charge in [0.2, 0.25) is 5.91 Å². The number of nitrogens with zero attached hydrogens (tertiary/aromatic N) is 3. The molecule has 7 heteroatoms. The lowest BCUT2D eigenvalue weighted by Gasteiger charge is -2.34. The van der Waals surface area contributed by atoms with Crippen LogP contribution in [-0.2, 0) is 4.79 Å². The maximum absolute atomic E-state index is 13.2. The van der Waals surface area contributed by atoms with Crippen molar-refractivity contribution in [3.8, 4) is 17.2 Å². The second-order valence-electron chi connectivity index (χ2n) is 6.11. The van der Waals surface area contributed by atoms with Crippen molar-refractivity contribution in [1.82, 2.24) is 14.4 Å². The summed E-state index contributed by atoms with van der Waals surface area (Å²) < 4.78 is 12.6.